The molecule has 1 unspecified atom stereocenters. The third-order valence-electron chi connectivity index (χ3n) is 14.5. The number of rotatable bonds is 3. The first-order chi connectivity index (χ1) is 31.3. The summed E-state index contributed by atoms with van der Waals surface area (Å²) in [6, 6.07) is 86.8. The maximum absolute atomic E-state index is 2.54. The Kier molecular flexibility index (Phi) is 7.13. The van der Waals surface area contributed by atoms with Crippen LogP contribution in [0.3, 0.4) is 0 Å². The maximum Gasteiger partial charge on any atom is 0.0725 e. The van der Waals surface area contributed by atoms with Crippen LogP contribution in [0, 0.1) is 0 Å². The molecular formula is C63H38. The topological polar surface area (TPSA) is 0 Å². The molecule has 1 spiro atoms. The lowest BCUT2D eigenvalue weighted by atomic mass is 9.61. The average Bonchev–Trinajstić information content (AvgIpc) is 3.64. The first kappa shape index (κ1) is 34.6. The van der Waals surface area contributed by atoms with Crippen molar-refractivity contribution in [2.45, 2.75) is 5.41 Å². The summed E-state index contributed by atoms with van der Waals surface area (Å²) in [6.07, 6.45) is 0. The Morgan fingerprint density at radius 2 is 0.635 bits per heavy atom. The molecule has 63 heavy (non-hydrogen) atoms. The maximum atomic E-state index is 2.54. The van der Waals surface area contributed by atoms with Gasteiger partial charge in [0.1, 0.15) is 0 Å². The second-order valence-electron chi connectivity index (χ2n) is 17.4. The van der Waals surface area contributed by atoms with Gasteiger partial charge >= 0.3 is 0 Å². The van der Waals surface area contributed by atoms with Crippen LogP contribution in [0.4, 0.5) is 0 Å². The number of benzene rings is 12. The minimum absolute atomic E-state index is 0.468. The summed E-state index contributed by atoms with van der Waals surface area (Å²) in [7, 11) is 0. The van der Waals surface area contributed by atoms with E-state index in [2.05, 4.69) is 231 Å². The predicted molar refractivity (Wildman–Crippen MR) is 267 cm³/mol. The zero-order valence-corrected chi connectivity index (χ0v) is 34.4. The highest BCUT2D eigenvalue weighted by Crippen LogP contribution is 2.62. The summed E-state index contributed by atoms with van der Waals surface area (Å²) in [4.78, 5) is 0. The SMILES string of the molecule is c1ccc2c(c1)-c1ccc(-c3cc4c5ccccc5c(-c5ccc(-c6cccc7ccccc67)cc5)cc4c4ccccc34)cc1C21c2ccccc2-c2cccc3cccc1c23. The molecule has 2 aliphatic carbocycles. The van der Waals surface area contributed by atoms with Crippen molar-refractivity contribution in [3.8, 4) is 55.6 Å². The molecular weight excluding hydrogens is 757 g/mol. The van der Waals surface area contributed by atoms with Crippen molar-refractivity contribution in [2.24, 2.45) is 0 Å². The molecule has 0 saturated carbocycles. The van der Waals surface area contributed by atoms with Crippen LogP contribution in [0.1, 0.15) is 22.3 Å². The van der Waals surface area contributed by atoms with E-state index >= 15 is 0 Å². The molecule has 14 rings (SSSR count). The third kappa shape index (κ3) is 4.70. The highest BCUT2D eigenvalue weighted by atomic mass is 14.5. The summed E-state index contributed by atoms with van der Waals surface area (Å²) in [5, 5.41) is 12.8. The molecule has 12 aromatic rings. The van der Waals surface area contributed by atoms with Crippen LogP contribution in [0.25, 0.3) is 109 Å². The van der Waals surface area contributed by atoms with Gasteiger partial charge in [-0.1, -0.05) is 212 Å². The molecule has 0 fully saturated rings. The first-order valence-corrected chi connectivity index (χ1v) is 22.1. The third-order valence-corrected chi connectivity index (χ3v) is 14.5. The first-order valence-electron chi connectivity index (χ1n) is 22.1. The molecule has 12 aromatic carbocycles. The van der Waals surface area contributed by atoms with E-state index in [0.29, 0.717) is 0 Å². The van der Waals surface area contributed by atoms with Gasteiger partial charge in [-0.3, -0.25) is 0 Å². The lowest BCUT2D eigenvalue weighted by molar-refractivity contribution is 0.774. The highest BCUT2D eigenvalue weighted by molar-refractivity contribution is 6.24. The van der Waals surface area contributed by atoms with Gasteiger partial charge in [0, 0.05) is 0 Å². The van der Waals surface area contributed by atoms with Crippen molar-refractivity contribution < 1.29 is 0 Å². The van der Waals surface area contributed by atoms with Crippen molar-refractivity contribution in [3.63, 3.8) is 0 Å². The lowest BCUT2D eigenvalue weighted by Crippen LogP contribution is -2.31. The number of hydrogen-bond acceptors (Lipinski definition) is 0. The van der Waals surface area contributed by atoms with Gasteiger partial charge in [-0.15, -0.1) is 0 Å². The Morgan fingerprint density at radius 1 is 0.206 bits per heavy atom. The Labute approximate surface area is 366 Å². The van der Waals surface area contributed by atoms with E-state index in [9.17, 15) is 0 Å². The molecule has 0 amide bonds. The van der Waals surface area contributed by atoms with Gasteiger partial charge in [0.25, 0.3) is 0 Å². The van der Waals surface area contributed by atoms with Crippen LogP contribution in [0.15, 0.2) is 231 Å². The summed E-state index contributed by atoms with van der Waals surface area (Å²) < 4.78 is 0. The summed E-state index contributed by atoms with van der Waals surface area (Å²) in [5.41, 5.74) is 17.7. The van der Waals surface area contributed by atoms with Gasteiger partial charge in [-0.05, 0) is 150 Å². The monoisotopic (exact) mass is 794 g/mol. The van der Waals surface area contributed by atoms with Gasteiger partial charge in [-0.25, -0.2) is 0 Å². The van der Waals surface area contributed by atoms with Gasteiger partial charge in [-0.2, -0.15) is 0 Å². The Bertz CT molecular complexity index is 3890. The van der Waals surface area contributed by atoms with Gasteiger partial charge < -0.3 is 0 Å². The van der Waals surface area contributed by atoms with Crippen molar-refractivity contribution in [2.75, 3.05) is 0 Å². The molecule has 0 N–H and O–H groups in total. The molecule has 290 valence electrons. The molecule has 0 aliphatic heterocycles. The summed E-state index contributed by atoms with van der Waals surface area (Å²) in [6.45, 7) is 0. The van der Waals surface area contributed by atoms with Crippen molar-refractivity contribution in [1.82, 2.24) is 0 Å². The largest absolute Gasteiger partial charge is 0.0725 e. The fraction of sp³-hybridized carbons (Fsp3) is 0.0159. The van der Waals surface area contributed by atoms with Gasteiger partial charge in [0.05, 0.1) is 5.41 Å². The molecule has 0 saturated heterocycles. The van der Waals surface area contributed by atoms with E-state index in [-0.39, 0.29) is 0 Å². The van der Waals surface area contributed by atoms with E-state index < -0.39 is 5.41 Å². The zero-order valence-electron chi connectivity index (χ0n) is 34.4. The van der Waals surface area contributed by atoms with Crippen molar-refractivity contribution in [3.05, 3.63) is 253 Å². The van der Waals surface area contributed by atoms with Crippen LogP contribution in [0.2, 0.25) is 0 Å². The quantitative estimate of drug-likeness (QED) is 0.156. The summed E-state index contributed by atoms with van der Waals surface area (Å²) >= 11 is 0. The molecule has 0 heteroatoms. The minimum atomic E-state index is -0.468. The molecule has 0 bridgehead atoms. The van der Waals surface area contributed by atoms with E-state index in [0.717, 1.165) is 0 Å². The predicted octanol–water partition coefficient (Wildman–Crippen LogP) is 16.8. The highest BCUT2D eigenvalue weighted by Gasteiger charge is 2.50. The number of hydrogen-bond donors (Lipinski definition) is 0. The Hall–Kier alpha value is -8.06. The van der Waals surface area contributed by atoms with Crippen LogP contribution in [-0.2, 0) is 5.41 Å². The van der Waals surface area contributed by atoms with Crippen LogP contribution in [0.5, 0.6) is 0 Å². The van der Waals surface area contributed by atoms with Crippen LogP contribution in [-0.4, -0.2) is 0 Å². The Morgan fingerprint density at radius 3 is 1.32 bits per heavy atom. The second kappa shape index (κ2) is 13.0. The Balaban J connectivity index is 0.997. The zero-order chi connectivity index (χ0) is 41.2. The normalized spacial score (nSPS) is 14.7. The molecule has 0 aromatic heterocycles. The van der Waals surface area contributed by atoms with E-state index in [1.807, 2.05) is 0 Å². The van der Waals surface area contributed by atoms with Crippen molar-refractivity contribution in [1.29, 1.82) is 0 Å². The molecule has 1 atom stereocenters. The molecule has 0 nitrogen and oxygen atoms in total. The van der Waals surface area contributed by atoms with Gasteiger partial charge in [0.15, 0.2) is 0 Å². The number of fused-ring (bicyclic) bond motifs is 15. The van der Waals surface area contributed by atoms with E-state index in [1.165, 1.54) is 132 Å². The average molecular weight is 795 g/mol. The smallest absolute Gasteiger partial charge is 0.0619 e. The molecule has 2 aliphatic rings. The fourth-order valence-electron chi connectivity index (χ4n) is 11.8. The van der Waals surface area contributed by atoms with Crippen LogP contribution < -0.4 is 0 Å². The fourth-order valence-corrected chi connectivity index (χ4v) is 11.8. The standard InChI is InChI=1S/C63H38/c1-2-18-44-39(14-1)15-11-25-45(44)40-30-32-41(33-31-40)54-37-56-49-22-6-4-20-47(49)55(38-57(56)48-21-5-3-19-46(48)54)43-34-35-52-50-23-7-9-27-58(50)63(61(52)36-43)59-28-10-8-24-51(59)53-26-12-16-42-17-13-29-60(63)62(42)53/h1-38H. The lowest BCUT2D eigenvalue weighted by Gasteiger charge is -2.40. The second-order valence-corrected chi connectivity index (χ2v) is 17.4. The minimum Gasteiger partial charge on any atom is -0.0619 e. The molecule has 0 radical (unpaired) electrons. The van der Waals surface area contributed by atoms with Crippen molar-refractivity contribution >= 4 is 53.9 Å². The van der Waals surface area contributed by atoms with E-state index in [4.69, 9.17) is 0 Å². The molecule has 0 heterocycles. The van der Waals surface area contributed by atoms with Gasteiger partial charge in [0.2, 0.25) is 0 Å². The van der Waals surface area contributed by atoms with E-state index in [1.54, 1.807) is 0 Å². The van der Waals surface area contributed by atoms with Crippen LogP contribution >= 0.6 is 0 Å². The summed E-state index contributed by atoms with van der Waals surface area (Å²) in [5.74, 6) is 0.